The predicted octanol–water partition coefficient (Wildman–Crippen LogP) is 1.77. The van der Waals surface area contributed by atoms with E-state index in [0.29, 0.717) is 7.92 Å². The highest BCUT2D eigenvalue weighted by Gasteiger charge is 1.95. The Morgan fingerprint density at radius 2 is 1.20 bits per heavy atom. The standard InChI is InChI=1S/C3H9P.CH5O3P.HI/c1-4(2)3;1-5(2,3)4;/h1-3H3;1H3,(H2,2,3,4);1H. The van der Waals surface area contributed by atoms with Crippen molar-refractivity contribution in [3.05, 3.63) is 0 Å². The van der Waals surface area contributed by atoms with Crippen LogP contribution >= 0.6 is 39.5 Å². The second-order valence-electron chi connectivity index (χ2n) is 2.18. The van der Waals surface area contributed by atoms with Gasteiger partial charge in [0, 0.05) is 6.66 Å². The summed E-state index contributed by atoms with van der Waals surface area (Å²) in [5, 5.41) is 0. The Balaban J connectivity index is -0.0000000910. The number of hydrogen-bond acceptors (Lipinski definition) is 1. The molecule has 0 aromatic carbocycles. The summed E-state index contributed by atoms with van der Waals surface area (Å²) in [6.07, 6.45) is 0. The predicted molar refractivity (Wildman–Crippen MR) is 58.1 cm³/mol. The van der Waals surface area contributed by atoms with Crippen LogP contribution in [0.3, 0.4) is 0 Å². The molecule has 6 heteroatoms. The molecule has 0 fully saturated rings. The molecular weight excluding hydrogens is 285 g/mol. The lowest BCUT2D eigenvalue weighted by atomic mass is 11.9. The van der Waals surface area contributed by atoms with Crippen molar-refractivity contribution in [1.29, 1.82) is 0 Å². The summed E-state index contributed by atoms with van der Waals surface area (Å²) in [6.45, 7) is 7.55. The van der Waals surface area contributed by atoms with E-state index in [0.717, 1.165) is 6.66 Å². The smallest absolute Gasteiger partial charge is 0.322 e. The third kappa shape index (κ3) is 375. The van der Waals surface area contributed by atoms with Crippen molar-refractivity contribution in [2.45, 2.75) is 0 Å². The van der Waals surface area contributed by atoms with Crippen LogP contribution in [0, 0.1) is 0 Å². The van der Waals surface area contributed by atoms with Gasteiger partial charge >= 0.3 is 7.60 Å². The molecule has 0 saturated carbocycles. The van der Waals surface area contributed by atoms with Gasteiger partial charge in [0.2, 0.25) is 0 Å². The van der Waals surface area contributed by atoms with E-state index in [1.807, 2.05) is 0 Å². The first-order valence-corrected chi connectivity index (χ1v) is 7.11. The summed E-state index contributed by atoms with van der Waals surface area (Å²) in [6, 6.07) is 0. The normalized spacial score (nSPS) is 9.50. The third-order valence-electron chi connectivity index (χ3n) is 0. The van der Waals surface area contributed by atoms with Crippen LogP contribution in [0.5, 0.6) is 0 Å². The molecule has 3 nitrogen and oxygen atoms in total. The fourth-order valence-corrected chi connectivity index (χ4v) is 0. The molecule has 0 saturated heterocycles. The first-order chi connectivity index (χ1) is 3.73. The van der Waals surface area contributed by atoms with E-state index in [1.54, 1.807) is 0 Å². The molecular formula is C4H15IO3P2. The summed E-state index contributed by atoms with van der Waals surface area (Å²) in [5.41, 5.74) is 0. The number of halogens is 1. The van der Waals surface area contributed by atoms with Gasteiger partial charge in [0.05, 0.1) is 0 Å². The Morgan fingerprint density at radius 3 is 1.20 bits per heavy atom. The molecule has 0 atom stereocenters. The number of hydrogen-bond donors (Lipinski definition) is 2. The zero-order valence-corrected chi connectivity index (χ0v) is 10.7. The molecule has 0 radical (unpaired) electrons. The van der Waals surface area contributed by atoms with Gasteiger partial charge in [0.15, 0.2) is 0 Å². The van der Waals surface area contributed by atoms with Crippen LogP contribution < -0.4 is 0 Å². The molecule has 0 heterocycles. The van der Waals surface area contributed by atoms with Gasteiger partial charge < -0.3 is 9.79 Å². The van der Waals surface area contributed by atoms with Crippen LogP contribution in [0.1, 0.15) is 0 Å². The van der Waals surface area contributed by atoms with Crippen LogP contribution in [0.15, 0.2) is 0 Å². The fraction of sp³-hybridized carbons (Fsp3) is 1.00. The van der Waals surface area contributed by atoms with Gasteiger partial charge in [-0.3, -0.25) is 4.57 Å². The lowest BCUT2D eigenvalue weighted by Gasteiger charge is -1.84. The molecule has 10 heavy (non-hydrogen) atoms. The van der Waals surface area contributed by atoms with Gasteiger partial charge in [-0.05, 0) is 20.0 Å². The van der Waals surface area contributed by atoms with E-state index >= 15 is 0 Å². The highest BCUT2D eigenvalue weighted by atomic mass is 127. The van der Waals surface area contributed by atoms with Crippen LogP contribution in [0.2, 0.25) is 0 Å². The van der Waals surface area contributed by atoms with Crippen LogP contribution in [-0.2, 0) is 4.57 Å². The molecule has 0 aliphatic rings. The van der Waals surface area contributed by atoms with Crippen LogP contribution in [-0.4, -0.2) is 36.4 Å². The van der Waals surface area contributed by atoms with Gasteiger partial charge in [0.25, 0.3) is 0 Å². The summed E-state index contributed by atoms with van der Waals surface area (Å²) in [5.74, 6) is 0. The van der Waals surface area contributed by atoms with Crippen molar-refractivity contribution in [1.82, 2.24) is 0 Å². The average molecular weight is 300 g/mol. The second-order valence-corrected chi connectivity index (χ2v) is 6.53. The van der Waals surface area contributed by atoms with Crippen molar-refractivity contribution in [2.24, 2.45) is 0 Å². The summed E-state index contributed by atoms with van der Waals surface area (Å²) in [4.78, 5) is 15.3. The molecule has 66 valence electrons. The quantitative estimate of drug-likeness (QED) is 0.529. The zero-order chi connectivity index (χ0) is 8.08. The molecule has 0 amide bonds. The highest BCUT2D eigenvalue weighted by Crippen LogP contribution is 2.26. The molecule has 0 unspecified atom stereocenters. The van der Waals surface area contributed by atoms with Crippen molar-refractivity contribution in [3.63, 3.8) is 0 Å². The van der Waals surface area contributed by atoms with E-state index < -0.39 is 7.60 Å². The molecule has 0 aliphatic heterocycles. The third-order valence-corrected chi connectivity index (χ3v) is 0. The Morgan fingerprint density at radius 1 is 1.20 bits per heavy atom. The van der Waals surface area contributed by atoms with Gasteiger partial charge in [0.1, 0.15) is 0 Å². The maximum absolute atomic E-state index is 9.33. The molecule has 0 bridgehead atoms. The first-order valence-electron chi connectivity index (χ1n) is 2.37. The minimum Gasteiger partial charge on any atom is -0.325 e. The maximum atomic E-state index is 9.33. The molecule has 0 aliphatic carbocycles. The van der Waals surface area contributed by atoms with E-state index in [2.05, 4.69) is 20.0 Å². The molecule has 0 spiro atoms. The monoisotopic (exact) mass is 300 g/mol. The lowest BCUT2D eigenvalue weighted by molar-refractivity contribution is 0.381. The topological polar surface area (TPSA) is 57.5 Å². The number of rotatable bonds is 0. The summed E-state index contributed by atoms with van der Waals surface area (Å²) < 4.78 is 9.33. The molecule has 0 aromatic rings. The minimum absolute atomic E-state index is 0. The second kappa shape index (κ2) is 8.41. The molecule has 0 aromatic heterocycles. The molecule has 2 N–H and O–H groups in total. The van der Waals surface area contributed by atoms with E-state index in [9.17, 15) is 4.57 Å². The van der Waals surface area contributed by atoms with E-state index in [4.69, 9.17) is 9.79 Å². The maximum Gasteiger partial charge on any atom is 0.322 e. The lowest BCUT2D eigenvalue weighted by Crippen LogP contribution is -1.64. The fourth-order valence-electron chi connectivity index (χ4n) is 0. The Kier molecular flexibility index (Phi) is 14.6. The van der Waals surface area contributed by atoms with Crippen molar-refractivity contribution >= 4 is 39.5 Å². The molecule has 0 rings (SSSR count). The van der Waals surface area contributed by atoms with Gasteiger partial charge in [-0.25, -0.2) is 0 Å². The summed E-state index contributed by atoms with van der Waals surface area (Å²) in [7, 11) is -3.26. The van der Waals surface area contributed by atoms with Crippen LogP contribution in [0.25, 0.3) is 0 Å². The van der Waals surface area contributed by atoms with E-state index in [1.165, 1.54) is 0 Å². The van der Waals surface area contributed by atoms with Gasteiger partial charge in [-0.15, -0.1) is 31.9 Å². The largest absolute Gasteiger partial charge is 0.325 e. The zero-order valence-electron chi connectivity index (χ0n) is 6.61. The van der Waals surface area contributed by atoms with Crippen molar-refractivity contribution < 1.29 is 14.4 Å². The Hall–Kier alpha value is 1.31. The van der Waals surface area contributed by atoms with Crippen molar-refractivity contribution in [3.8, 4) is 0 Å². The first kappa shape index (κ1) is 17.4. The highest BCUT2D eigenvalue weighted by molar-refractivity contribution is 14.0. The van der Waals surface area contributed by atoms with Gasteiger partial charge in [-0.2, -0.15) is 0 Å². The minimum atomic E-state index is -3.64. The average Bonchev–Trinajstić information content (AvgIpc) is 1.19. The van der Waals surface area contributed by atoms with Crippen molar-refractivity contribution in [2.75, 3.05) is 26.7 Å². The Labute approximate surface area is 80.5 Å². The van der Waals surface area contributed by atoms with Crippen LogP contribution in [0.4, 0.5) is 0 Å². The summed E-state index contributed by atoms with van der Waals surface area (Å²) >= 11 is 0. The van der Waals surface area contributed by atoms with E-state index in [-0.39, 0.29) is 24.0 Å². The van der Waals surface area contributed by atoms with Gasteiger partial charge in [-0.1, -0.05) is 0 Å². The Bertz CT molecular complexity index is 89.7. The SMILES string of the molecule is CP(=O)(O)O.CP(C)C.I.